The van der Waals surface area contributed by atoms with Crippen molar-refractivity contribution in [3.63, 3.8) is 0 Å². The van der Waals surface area contributed by atoms with Crippen molar-refractivity contribution in [1.29, 1.82) is 0 Å². The van der Waals surface area contributed by atoms with Crippen molar-refractivity contribution in [3.05, 3.63) is 46.2 Å². The van der Waals surface area contributed by atoms with E-state index in [-0.39, 0.29) is 11.7 Å². The van der Waals surface area contributed by atoms with Crippen LogP contribution in [0.25, 0.3) is 0 Å². The molecule has 0 spiro atoms. The maximum absolute atomic E-state index is 12.4. The van der Waals surface area contributed by atoms with Crippen LogP contribution >= 0.6 is 11.6 Å². The Morgan fingerprint density at radius 3 is 2.73 bits per heavy atom. The van der Waals surface area contributed by atoms with E-state index in [1.807, 2.05) is 6.92 Å². The molecular weight excluding hydrogens is 302 g/mol. The fourth-order valence-electron chi connectivity index (χ4n) is 2.20. The fraction of sp³-hybridized carbons (Fsp3) is 0.312. The largest absolute Gasteiger partial charge is 0.321 e. The number of rotatable bonds is 5. The zero-order valence-corrected chi connectivity index (χ0v) is 13.6. The first-order valence-corrected chi connectivity index (χ1v) is 7.45. The number of carbonyl (C=O) groups is 2. The van der Waals surface area contributed by atoms with Crippen molar-refractivity contribution in [2.24, 2.45) is 7.05 Å². The van der Waals surface area contributed by atoms with Crippen LogP contribution in [0.15, 0.2) is 24.3 Å². The van der Waals surface area contributed by atoms with E-state index in [0.29, 0.717) is 27.7 Å². The first kappa shape index (κ1) is 16.2. The number of hydrogen-bond donors (Lipinski definition) is 1. The lowest BCUT2D eigenvalue weighted by atomic mass is 10.1. The van der Waals surface area contributed by atoms with Crippen LogP contribution in [0, 0.1) is 0 Å². The maximum Gasteiger partial charge on any atom is 0.275 e. The van der Waals surface area contributed by atoms with Crippen LogP contribution in [0.2, 0.25) is 5.02 Å². The van der Waals surface area contributed by atoms with Gasteiger partial charge in [0.15, 0.2) is 5.78 Å². The lowest BCUT2D eigenvalue weighted by molar-refractivity contribution is 0.100. The highest BCUT2D eigenvalue weighted by molar-refractivity contribution is 6.34. The number of aryl methyl sites for hydroxylation is 2. The molecule has 116 valence electrons. The lowest BCUT2D eigenvalue weighted by Gasteiger charge is -2.07. The van der Waals surface area contributed by atoms with E-state index in [1.165, 1.54) is 11.6 Å². The molecule has 0 saturated heterocycles. The lowest BCUT2D eigenvalue weighted by Crippen LogP contribution is -2.16. The maximum atomic E-state index is 12.4. The molecule has 0 aliphatic heterocycles. The van der Waals surface area contributed by atoms with Gasteiger partial charge in [-0.2, -0.15) is 5.10 Å². The van der Waals surface area contributed by atoms with Gasteiger partial charge in [0.2, 0.25) is 0 Å². The summed E-state index contributed by atoms with van der Waals surface area (Å²) in [5, 5.41) is 7.41. The van der Waals surface area contributed by atoms with Gasteiger partial charge in [-0.05, 0) is 25.5 Å². The van der Waals surface area contributed by atoms with E-state index in [0.717, 1.165) is 12.8 Å². The molecule has 2 rings (SSSR count). The van der Waals surface area contributed by atoms with Gasteiger partial charge in [-0.1, -0.05) is 37.1 Å². The number of halogens is 1. The van der Waals surface area contributed by atoms with E-state index < -0.39 is 0 Å². The van der Waals surface area contributed by atoms with Crippen LogP contribution < -0.4 is 5.32 Å². The molecule has 0 unspecified atom stereocenters. The van der Waals surface area contributed by atoms with Crippen LogP contribution in [0.5, 0.6) is 0 Å². The van der Waals surface area contributed by atoms with Crippen molar-refractivity contribution >= 4 is 29.0 Å². The van der Waals surface area contributed by atoms with Crippen LogP contribution in [0.1, 0.15) is 46.8 Å². The predicted molar refractivity (Wildman–Crippen MR) is 86.6 cm³/mol. The molecule has 1 amide bonds. The Bertz CT molecular complexity index is 722. The highest BCUT2D eigenvalue weighted by atomic mass is 35.5. The molecule has 22 heavy (non-hydrogen) atoms. The Hall–Kier alpha value is -2.14. The van der Waals surface area contributed by atoms with Gasteiger partial charge in [0.05, 0.1) is 10.7 Å². The highest BCUT2D eigenvalue weighted by Crippen LogP contribution is 2.23. The number of Topliss-reactive ketones (excluding diaryl/α,β-unsaturated/α-hetero) is 1. The Morgan fingerprint density at radius 2 is 2.09 bits per heavy atom. The van der Waals surface area contributed by atoms with Gasteiger partial charge in [-0.15, -0.1) is 0 Å². The standard InChI is InChI=1S/C16H18ClN3O2/c1-4-6-13-14(17)15(20(3)19-13)16(22)18-12-8-5-7-11(9-12)10(2)21/h5,7-9H,4,6H2,1-3H3,(H,18,22). The normalized spacial score (nSPS) is 10.5. The van der Waals surface area contributed by atoms with Crippen LogP contribution in [-0.2, 0) is 13.5 Å². The number of nitrogens with one attached hydrogen (secondary N) is 1. The number of aromatic nitrogens is 2. The molecule has 1 aromatic carbocycles. The summed E-state index contributed by atoms with van der Waals surface area (Å²) in [6.45, 7) is 3.51. The van der Waals surface area contributed by atoms with Crippen LogP contribution in [-0.4, -0.2) is 21.5 Å². The molecule has 1 N–H and O–H groups in total. The molecule has 6 heteroatoms. The summed E-state index contributed by atoms with van der Waals surface area (Å²) >= 11 is 6.25. The monoisotopic (exact) mass is 319 g/mol. The summed E-state index contributed by atoms with van der Waals surface area (Å²) in [6.07, 6.45) is 1.62. The number of anilines is 1. The molecule has 1 aromatic heterocycles. The summed E-state index contributed by atoms with van der Waals surface area (Å²) in [5.74, 6) is -0.400. The zero-order chi connectivity index (χ0) is 16.3. The first-order valence-electron chi connectivity index (χ1n) is 7.07. The average Bonchev–Trinajstić information content (AvgIpc) is 2.74. The SMILES string of the molecule is CCCc1nn(C)c(C(=O)Nc2cccc(C(C)=O)c2)c1Cl. The third-order valence-corrected chi connectivity index (χ3v) is 3.68. The second kappa shape index (κ2) is 6.75. The summed E-state index contributed by atoms with van der Waals surface area (Å²) < 4.78 is 1.48. The minimum absolute atomic E-state index is 0.0557. The molecule has 5 nitrogen and oxygen atoms in total. The molecule has 0 aliphatic rings. The summed E-state index contributed by atoms with van der Waals surface area (Å²) in [7, 11) is 1.69. The zero-order valence-electron chi connectivity index (χ0n) is 12.8. The Labute approximate surface area is 134 Å². The van der Waals surface area contributed by atoms with E-state index in [1.54, 1.807) is 31.3 Å². The third-order valence-electron chi connectivity index (χ3n) is 3.28. The van der Waals surface area contributed by atoms with Gasteiger partial charge in [-0.25, -0.2) is 0 Å². The fourth-order valence-corrected chi connectivity index (χ4v) is 2.54. The van der Waals surface area contributed by atoms with Gasteiger partial charge in [0.1, 0.15) is 5.69 Å². The molecule has 0 bridgehead atoms. The number of nitrogens with zero attached hydrogens (tertiary/aromatic N) is 2. The first-order chi connectivity index (χ1) is 10.4. The second-order valence-corrected chi connectivity index (χ2v) is 5.45. The van der Waals surface area contributed by atoms with Gasteiger partial charge in [0.25, 0.3) is 5.91 Å². The summed E-state index contributed by atoms with van der Waals surface area (Å²) in [5.41, 5.74) is 2.13. The summed E-state index contributed by atoms with van der Waals surface area (Å²) in [6, 6.07) is 6.78. The molecule has 0 aliphatic carbocycles. The predicted octanol–water partition coefficient (Wildman–Crippen LogP) is 3.48. The van der Waals surface area contributed by atoms with E-state index in [2.05, 4.69) is 10.4 Å². The second-order valence-electron chi connectivity index (χ2n) is 5.07. The van der Waals surface area contributed by atoms with E-state index >= 15 is 0 Å². The average molecular weight is 320 g/mol. The molecule has 1 heterocycles. The number of ketones is 1. The number of carbonyl (C=O) groups excluding carboxylic acids is 2. The topological polar surface area (TPSA) is 64.0 Å². The van der Waals surface area contributed by atoms with Crippen LogP contribution in [0.3, 0.4) is 0 Å². The third kappa shape index (κ3) is 3.36. The Kier molecular flexibility index (Phi) is 4.98. The minimum Gasteiger partial charge on any atom is -0.321 e. The van der Waals surface area contributed by atoms with Gasteiger partial charge >= 0.3 is 0 Å². The Balaban J connectivity index is 2.26. The van der Waals surface area contributed by atoms with Crippen molar-refractivity contribution < 1.29 is 9.59 Å². The Morgan fingerprint density at radius 1 is 1.36 bits per heavy atom. The number of amides is 1. The molecule has 0 atom stereocenters. The van der Waals surface area contributed by atoms with Crippen molar-refractivity contribution in [2.45, 2.75) is 26.7 Å². The van der Waals surface area contributed by atoms with E-state index in [4.69, 9.17) is 11.6 Å². The van der Waals surface area contributed by atoms with E-state index in [9.17, 15) is 9.59 Å². The molecular formula is C16H18ClN3O2. The summed E-state index contributed by atoms with van der Waals surface area (Å²) in [4.78, 5) is 23.8. The number of benzene rings is 1. The smallest absolute Gasteiger partial charge is 0.275 e. The minimum atomic E-state index is -0.344. The van der Waals surface area contributed by atoms with Gasteiger partial charge in [0, 0.05) is 18.3 Å². The van der Waals surface area contributed by atoms with Crippen LogP contribution in [0.4, 0.5) is 5.69 Å². The molecule has 2 aromatic rings. The van der Waals surface area contributed by atoms with Crippen molar-refractivity contribution in [2.75, 3.05) is 5.32 Å². The highest BCUT2D eigenvalue weighted by Gasteiger charge is 2.20. The van der Waals surface area contributed by atoms with Gasteiger partial charge < -0.3 is 5.32 Å². The molecule has 0 fully saturated rings. The quantitative estimate of drug-likeness (QED) is 0.858. The molecule has 0 saturated carbocycles. The van der Waals surface area contributed by atoms with Crippen molar-refractivity contribution in [1.82, 2.24) is 9.78 Å². The number of hydrogen-bond acceptors (Lipinski definition) is 3. The van der Waals surface area contributed by atoms with Gasteiger partial charge in [-0.3, -0.25) is 14.3 Å². The van der Waals surface area contributed by atoms with Crippen molar-refractivity contribution in [3.8, 4) is 0 Å². The molecule has 0 radical (unpaired) electrons.